The summed E-state index contributed by atoms with van der Waals surface area (Å²) in [6, 6.07) is 15.5. The number of ether oxygens (including phenoxy) is 2. The first kappa shape index (κ1) is 33.8. The third kappa shape index (κ3) is 7.88. The molecule has 2 aromatic carbocycles. The average molecular weight is 657 g/mol. The summed E-state index contributed by atoms with van der Waals surface area (Å²) in [4.78, 5) is 63.2. The van der Waals surface area contributed by atoms with Crippen molar-refractivity contribution in [1.82, 2.24) is 39.8 Å². The van der Waals surface area contributed by atoms with Crippen LogP contribution in [0.4, 0.5) is 0 Å². The molecule has 3 amide bonds. The first-order valence-electron chi connectivity index (χ1n) is 15.8. The molecule has 0 aliphatic carbocycles. The SMILES string of the molecule is COc1ccc2cc1OCCn1nc(-c3ccccc3)nc1[C@@H](C(C)C)NC(=O)CN(C(=O)Cn1c(C)cc(C)nc1=O)CCNC2=O. The third-order valence-electron chi connectivity index (χ3n) is 7.97. The lowest BCUT2D eigenvalue weighted by Crippen LogP contribution is -2.47. The van der Waals surface area contributed by atoms with Crippen LogP contribution in [0.2, 0.25) is 0 Å². The van der Waals surface area contributed by atoms with Crippen molar-refractivity contribution in [3.63, 3.8) is 0 Å². The number of hydrogen-bond acceptors (Lipinski definition) is 9. The van der Waals surface area contributed by atoms with Gasteiger partial charge in [-0.05, 0) is 44.0 Å². The predicted molar refractivity (Wildman–Crippen MR) is 177 cm³/mol. The molecule has 0 saturated heterocycles. The molecule has 3 heterocycles. The molecule has 252 valence electrons. The summed E-state index contributed by atoms with van der Waals surface area (Å²) < 4.78 is 14.5. The summed E-state index contributed by atoms with van der Waals surface area (Å²) in [7, 11) is 1.52. The molecule has 1 aliphatic rings. The second kappa shape index (κ2) is 14.9. The molecule has 0 radical (unpaired) electrons. The van der Waals surface area contributed by atoms with E-state index in [0.29, 0.717) is 40.1 Å². The van der Waals surface area contributed by atoms with E-state index in [1.165, 1.54) is 16.6 Å². The first-order valence-corrected chi connectivity index (χ1v) is 15.8. The Morgan fingerprint density at radius 1 is 1.02 bits per heavy atom. The number of carbonyl (C=O) groups is 3. The molecule has 0 saturated carbocycles. The zero-order valence-corrected chi connectivity index (χ0v) is 27.7. The highest BCUT2D eigenvalue weighted by molar-refractivity contribution is 5.95. The molecule has 14 heteroatoms. The number of benzene rings is 2. The molecular formula is C34H40N8O6. The van der Waals surface area contributed by atoms with Crippen LogP contribution in [-0.2, 0) is 22.7 Å². The smallest absolute Gasteiger partial charge is 0.348 e. The van der Waals surface area contributed by atoms with E-state index in [9.17, 15) is 19.2 Å². The Morgan fingerprint density at radius 2 is 1.79 bits per heavy atom. The largest absolute Gasteiger partial charge is 0.493 e. The number of nitrogens with zero attached hydrogens (tertiary/aromatic N) is 6. The van der Waals surface area contributed by atoms with Gasteiger partial charge >= 0.3 is 5.69 Å². The summed E-state index contributed by atoms with van der Waals surface area (Å²) in [6.07, 6.45) is 0. The van der Waals surface area contributed by atoms with Crippen molar-refractivity contribution < 1.29 is 23.9 Å². The van der Waals surface area contributed by atoms with Crippen molar-refractivity contribution in [2.24, 2.45) is 5.92 Å². The van der Waals surface area contributed by atoms with Crippen molar-refractivity contribution in [3.05, 3.63) is 87.9 Å². The van der Waals surface area contributed by atoms with Crippen molar-refractivity contribution in [3.8, 4) is 22.9 Å². The fourth-order valence-electron chi connectivity index (χ4n) is 5.45. The number of aromatic nitrogens is 5. The van der Waals surface area contributed by atoms with Crippen molar-refractivity contribution >= 4 is 17.7 Å². The van der Waals surface area contributed by atoms with Crippen LogP contribution in [0.15, 0.2) is 59.4 Å². The number of methoxy groups -OCH3 is 1. The molecule has 14 nitrogen and oxygen atoms in total. The Morgan fingerprint density at radius 3 is 2.50 bits per heavy atom. The van der Waals surface area contributed by atoms with E-state index in [2.05, 4.69) is 15.6 Å². The zero-order chi connectivity index (χ0) is 34.4. The molecule has 5 rings (SSSR count). The zero-order valence-electron chi connectivity index (χ0n) is 27.7. The van der Waals surface area contributed by atoms with E-state index in [-0.39, 0.29) is 45.2 Å². The minimum absolute atomic E-state index is 0.00523. The Bertz CT molecular complexity index is 1850. The summed E-state index contributed by atoms with van der Waals surface area (Å²) in [5, 5.41) is 10.6. The molecule has 0 fully saturated rings. The van der Waals surface area contributed by atoms with Crippen LogP contribution in [0.3, 0.4) is 0 Å². The third-order valence-corrected chi connectivity index (χ3v) is 7.97. The highest BCUT2D eigenvalue weighted by Gasteiger charge is 2.28. The van der Waals surface area contributed by atoms with Gasteiger partial charge in [-0.25, -0.2) is 14.5 Å². The van der Waals surface area contributed by atoms with Crippen molar-refractivity contribution in [1.29, 1.82) is 0 Å². The van der Waals surface area contributed by atoms with Crippen LogP contribution in [0.5, 0.6) is 11.5 Å². The maximum atomic E-state index is 13.7. The van der Waals surface area contributed by atoms with Gasteiger partial charge in [0.25, 0.3) is 5.91 Å². The van der Waals surface area contributed by atoms with Gasteiger partial charge in [-0.3, -0.25) is 19.0 Å². The van der Waals surface area contributed by atoms with Gasteiger partial charge < -0.3 is 25.0 Å². The standard InChI is InChI=1S/C34H40N8O6/c1-21(2)30-32-38-31(24-9-7-6-8-10-24)39-42(32)15-16-48-27-18-25(11-12-26(27)47-5)33(45)35-13-14-40(19-28(43)37-30)29(44)20-41-23(4)17-22(3)36-34(41)46/h6-12,17-18,21,30H,13-16,19-20H2,1-5H3,(H,35,45)(H,37,43)/t30-/m1/s1. The van der Waals surface area contributed by atoms with Crippen molar-refractivity contribution in [2.45, 2.75) is 46.8 Å². The number of nitrogens with one attached hydrogen (secondary N) is 2. The lowest BCUT2D eigenvalue weighted by atomic mass is 10.0. The monoisotopic (exact) mass is 656 g/mol. The number of aryl methyl sites for hydroxylation is 2. The number of hydrogen-bond donors (Lipinski definition) is 2. The molecule has 48 heavy (non-hydrogen) atoms. The van der Waals surface area contributed by atoms with Crippen LogP contribution in [0.1, 0.15) is 47.5 Å². The lowest BCUT2D eigenvalue weighted by molar-refractivity contribution is -0.137. The number of carbonyl (C=O) groups excluding carboxylic acids is 3. The van der Waals surface area contributed by atoms with Crippen LogP contribution in [-0.4, -0.2) is 80.3 Å². The highest BCUT2D eigenvalue weighted by Crippen LogP contribution is 2.29. The van der Waals surface area contributed by atoms with Gasteiger partial charge in [-0.1, -0.05) is 44.2 Å². The quantitative estimate of drug-likeness (QED) is 0.328. The number of rotatable bonds is 5. The Hall–Kier alpha value is -5.53. The Balaban J connectivity index is 1.51. The lowest BCUT2D eigenvalue weighted by Gasteiger charge is -2.26. The maximum Gasteiger partial charge on any atom is 0.348 e. The van der Waals surface area contributed by atoms with Crippen molar-refractivity contribution in [2.75, 3.05) is 33.4 Å². The average Bonchev–Trinajstić information content (AvgIpc) is 3.48. The molecule has 1 atom stereocenters. The molecule has 2 N–H and O–H groups in total. The molecule has 0 unspecified atom stereocenters. The summed E-state index contributed by atoms with van der Waals surface area (Å²) >= 11 is 0. The van der Waals surface area contributed by atoms with Crippen LogP contribution in [0, 0.1) is 19.8 Å². The molecule has 4 aromatic rings. The molecule has 2 aromatic heterocycles. The van der Waals surface area contributed by atoms with Gasteiger partial charge in [0.2, 0.25) is 11.8 Å². The van der Waals surface area contributed by atoms with Gasteiger partial charge in [0.1, 0.15) is 13.2 Å². The molecule has 0 spiro atoms. The van der Waals surface area contributed by atoms with Crippen LogP contribution >= 0.6 is 0 Å². The van der Waals surface area contributed by atoms with Crippen LogP contribution in [0.25, 0.3) is 11.4 Å². The van der Waals surface area contributed by atoms with Crippen LogP contribution < -0.4 is 25.8 Å². The van der Waals surface area contributed by atoms with Gasteiger partial charge in [0.05, 0.1) is 26.2 Å². The topological polar surface area (TPSA) is 163 Å². The first-order chi connectivity index (χ1) is 23.0. The highest BCUT2D eigenvalue weighted by atomic mass is 16.5. The summed E-state index contributed by atoms with van der Waals surface area (Å²) in [5.41, 5.74) is 1.68. The maximum absolute atomic E-state index is 13.7. The summed E-state index contributed by atoms with van der Waals surface area (Å²) in [5.74, 6) is 0.407. The van der Waals surface area contributed by atoms with E-state index in [1.807, 2.05) is 44.2 Å². The Kier molecular flexibility index (Phi) is 10.5. The molecule has 1 aliphatic heterocycles. The van der Waals surface area contributed by atoms with E-state index in [4.69, 9.17) is 19.6 Å². The molecular weight excluding hydrogens is 616 g/mol. The minimum Gasteiger partial charge on any atom is -0.493 e. The normalized spacial score (nSPS) is 16.0. The fraction of sp³-hybridized carbons (Fsp3) is 0.382. The van der Waals surface area contributed by atoms with E-state index < -0.39 is 29.5 Å². The predicted octanol–water partition coefficient (Wildman–Crippen LogP) is 2.29. The molecule has 2 bridgehead atoms. The van der Waals surface area contributed by atoms with Gasteiger partial charge in [-0.2, -0.15) is 10.1 Å². The second-order valence-electron chi connectivity index (χ2n) is 11.9. The van der Waals surface area contributed by atoms with E-state index >= 15 is 0 Å². The Labute approximate surface area is 278 Å². The minimum atomic E-state index is -0.571. The second-order valence-corrected chi connectivity index (χ2v) is 11.9. The van der Waals surface area contributed by atoms with E-state index in [1.54, 1.807) is 42.8 Å². The number of amides is 3. The van der Waals surface area contributed by atoms with Gasteiger partial charge in [0.15, 0.2) is 23.1 Å². The van der Waals surface area contributed by atoms with Gasteiger partial charge in [-0.15, -0.1) is 0 Å². The van der Waals surface area contributed by atoms with E-state index in [0.717, 1.165) is 5.56 Å². The fourth-order valence-corrected chi connectivity index (χ4v) is 5.45. The number of fused-ring (bicyclic) bond motifs is 3. The van der Waals surface area contributed by atoms with Gasteiger partial charge in [0, 0.05) is 35.6 Å². The summed E-state index contributed by atoms with van der Waals surface area (Å²) in [6.45, 7) is 7.19.